The van der Waals surface area contributed by atoms with Crippen LogP contribution in [-0.4, -0.2) is 12.1 Å². The molecule has 0 aromatic carbocycles. The van der Waals surface area contributed by atoms with Gasteiger partial charge >= 0.3 is 5.97 Å². The van der Waals surface area contributed by atoms with E-state index >= 15 is 0 Å². The van der Waals surface area contributed by atoms with Gasteiger partial charge in [-0.15, -0.1) is 0 Å². The van der Waals surface area contributed by atoms with E-state index in [-0.39, 0.29) is 18.0 Å². The maximum atomic E-state index is 10.9. The molecule has 0 aromatic heterocycles. The molecule has 3 heteroatoms. The number of nitrogens with zero attached hydrogens (tertiary/aromatic N) is 1. The van der Waals surface area contributed by atoms with E-state index in [9.17, 15) is 4.79 Å². The smallest absolute Gasteiger partial charge is 0.305 e. The Bertz CT molecular complexity index is 207. The van der Waals surface area contributed by atoms with Crippen molar-refractivity contribution in [2.24, 2.45) is 5.92 Å². The molecule has 0 bridgehead atoms. The largest absolute Gasteiger partial charge is 0.461 e. The average molecular weight is 167 g/mol. The van der Waals surface area contributed by atoms with Crippen LogP contribution in [0.4, 0.5) is 0 Å². The Hall–Kier alpha value is -1.04. The van der Waals surface area contributed by atoms with Gasteiger partial charge < -0.3 is 4.74 Å². The summed E-state index contributed by atoms with van der Waals surface area (Å²) >= 11 is 0. The number of hydrogen-bond acceptors (Lipinski definition) is 3. The normalized spacial score (nSPS) is 28.0. The van der Waals surface area contributed by atoms with E-state index in [1.165, 1.54) is 0 Å². The lowest BCUT2D eigenvalue weighted by Gasteiger charge is -2.13. The van der Waals surface area contributed by atoms with Gasteiger partial charge in [-0.3, -0.25) is 4.79 Å². The number of ether oxygens (including phenoxy) is 1. The third-order valence-corrected chi connectivity index (χ3v) is 2.19. The molecule has 1 rings (SSSR count). The molecule has 1 aliphatic rings. The lowest BCUT2D eigenvalue weighted by molar-refractivity contribution is -0.149. The Morgan fingerprint density at radius 3 is 3.00 bits per heavy atom. The minimum atomic E-state index is -0.192. The van der Waals surface area contributed by atoms with Gasteiger partial charge in [0.15, 0.2) is 0 Å². The van der Waals surface area contributed by atoms with Crippen molar-refractivity contribution in [1.82, 2.24) is 0 Å². The molecule has 0 radical (unpaired) electrons. The molecule has 2 unspecified atom stereocenters. The molecule has 1 saturated carbocycles. The van der Waals surface area contributed by atoms with Gasteiger partial charge in [0, 0.05) is 6.42 Å². The molecule has 3 nitrogen and oxygen atoms in total. The van der Waals surface area contributed by atoms with Crippen molar-refractivity contribution in [3.05, 3.63) is 0 Å². The third kappa shape index (κ3) is 1.97. The van der Waals surface area contributed by atoms with Crippen LogP contribution in [0.3, 0.4) is 0 Å². The van der Waals surface area contributed by atoms with Gasteiger partial charge in [-0.1, -0.05) is 6.92 Å². The molecule has 66 valence electrons. The summed E-state index contributed by atoms with van der Waals surface area (Å²) in [5.41, 5.74) is 0. The summed E-state index contributed by atoms with van der Waals surface area (Å²) in [4.78, 5) is 10.9. The molecule has 1 aliphatic carbocycles. The predicted octanol–water partition coefficient (Wildman–Crippen LogP) is 1.63. The van der Waals surface area contributed by atoms with E-state index in [1.54, 1.807) is 6.92 Å². The van der Waals surface area contributed by atoms with Crippen LogP contribution < -0.4 is 0 Å². The van der Waals surface area contributed by atoms with Crippen molar-refractivity contribution >= 4 is 5.97 Å². The zero-order valence-corrected chi connectivity index (χ0v) is 7.25. The Morgan fingerprint density at radius 2 is 2.42 bits per heavy atom. The maximum absolute atomic E-state index is 10.9. The quantitative estimate of drug-likeness (QED) is 0.587. The predicted molar refractivity (Wildman–Crippen MR) is 43.1 cm³/mol. The van der Waals surface area contributed by atoms with Crippen LogP contribution in [0.5, 0.6) is 0 Å². The van der Waals surface area contributed by atoms with Gasteiger partial charge in [-0.2, -0.15) is 5.26 Å². The zero-order valence-electron chi connectivity index (χ0n) is 7.25. The second kappa shape index (κ2) is 4.10. The molecule has 12 heavy (non-hydrogen) atoms. The Balaban J connectivity index is 2.42. The topological polar surface area (TPSA) is 50.1 Å². The highest BCUT2D eigenvalue weighted by atomic mass is 16.5. The molecule has 1 fully saturated rings. The highest BCUT2D eigenvalue weighted by Crippen LogP contribution is 2.27. The minimum absolute atomic E-state index is 0.0690. The fourth-order valence-corrected chi connectivity index (χ4v) is 1.47. The fraction of sp³-hybridized carbons (Fsp3) is 0.778. The number of esters is 1. The van der Waals surface area contributed by atoms with Crippen molar-refractivity contribution in [2.75, 3.05) is 0 Å². The summed E-state index contributed by atoms with van der Waals surface area (Å²) in [6.07, 6.45) is 2.99. The standard InChI is InChI=1S/C9H13NO2/c1-2-9(11)12-8-5-3-4-7(8)6-10/h7-8H,2-5H2,1H3. The van der Waals surface area contributed by atoms with E-state index in [1.807, 2.05) is 0 Å². The van der Waals surface area contributed by atoms with E-state index in [0.29, 0.717) is 6.42 Å². The second-order valence-corrected chi connectivity index (χ2v) is 3.05. The zero-order chi connectivity index (χ0) is 8.97. The van der Waals surface area contributed by atoms with Crippen LogP contribution in [0.2, 0.25) is 0 Å². The highest BCUT2D eigenvalue weighted by molar-refractivity contribution is 5.69. The first-order valence-electron chi connectivity index (χ1n) is 4.37. The SMILES string of the molecule is CCC(=O)OC1CCCC1C#N. The van der Waals surface area contributed by atoms with Crippen LogP contribution in [0.25, 0.3) is 0 Å². The molecular formula is C9H13NO2. The molecule has 0 aliphatic heterocycles. The van der Waals surface area contributed by atoms with Crippen molar-refractivity contribution < 1.29 is 9.53 Å². The summed E-state index contributed by atoms with van der Waals surface area (Å²) in [6.45, 7) is 1.76. The van der Waals surface area contributed by atoms with Crippen molar-refractivity contribution in [3.63, 3.8) is 0 Å². The Kier molecular flexibility index (Phi) is 3.09. The lowest BCUT2D eigenvalue weighted by atomic mass is 10.1. The summed E-state index contributed by atoms with van der Waals surface area (Å²) < 4.78 is 5.10. The first kappa shape index (κ1) is 9.05. The number of nitriles is 1. The van der Waals surface area contributed by atoms with E-state index in [2.05, 4.69) is 6.07 Å². The number of carbonyl (C=O) groups is 1. The summed E-state index contributed by atoms with van der Waals surface area (Å²) in [6, 6.07) is 2.17. The summed E-state index contributed by atoms with van der Waals surface area (Å²) in [7, 11) is 0. The summed E-state index contributed by atoms with van der Waals surface area (Å²) in [5.74, 6) is -0.261. The molecule has 0 heterocycles. The van der Waals surface area contributed by atoms with Gasteiger partial charge in [-0.25, -0.2) is 0 Å². The number of carbonyl (C=O) groups excluding carboxylic acids is 1. The summed E-state index contributed by atoms with van der Waals surface area (Å²) in [5, 5.41) is 8.68. The number of hydrogen-bond donors (Lipinski definition) is 0. The van der Waals surface area contributed by atoms with E-state index < -0.39 is 0 Å². The molecule has 0 spiro atoms. The molecule has 0 saturated heterocycles. The van der Waals surface area contributed by atoms with Crippen molar-refractivity contribution in [2.45, 2.75) is 38.7 Å². The first-order chi connectivity index (χ1) is 5.77. The molecule has 0 N–H and O–H groups in total. The fourth-order valence-electron chi connectivity index (χ4n) is 1.47. The van der Waals surface area contributed by atoms with Crippen LogP contribution in [0, 0.1) is 17.2 Å². The Morgan fingerprint density at radius 1 is 1.67 bits per heavy atom. The number of rotatable bonds is 2. The lowest BCUT2D eigenvalue weighted by Crippen LogP contribution is -2.20. The van der Waals surface area contributed by atoms with Gasteiger partial charge in [0.1, 0.15) is 6.10 Å². The van der Waals surface area contributed by atoms with E-state index in [4.69, 9.17) is 10.00 Å². The van der Waals surface area contributed by atoms with Gasteiger partial charge in [0.05, 0.1) is 12.0 Å². The van der Waals surface area contributed by atoms with Crippen LogP contribution in [0.1, 0.15) is 32.6 Å². The van der Waals surface area contributed by atoms with Crippen LogP contribution in [0.15, 0.2) is 0 Å². The van der Waals surface area contributed by atoms with Gasteiger partial charge in [-0.05, 0) is 19.3 Å². The minimum Gasteiger partial charge on any atom is -0.461 e. The molecule has 0 amide bonds. The molecule has 0 aromatic rings. The Labute approximate surface area is 72.3 Å². The average Bonchev–Trinajstić information content (AvgIpc) is 2.51. The van der Waals surface area contributed by atoms with Crippen molar-refractivity contribution in [3.8, 4) is 6.07 Å². The van der Waals surface area contributed by atoms with Crippen LogP contribution in [-0.2, 0) is 9.53 Å². The van der Waals surface area contributed by atoms with Crippen molar-refractivity contribution in [1.29, 1.82) is 5.26 Å². The molecular weight excluding hydrogens is 154 g/mol. The third-order valence-electron chi connectivity index (χ3n) is 2.19. The monoisotopic (exact) mass is 167 g/mol. The van der Waals surface area contributed by atoms with Gasteiger partial charge in [0.25, 0.3) is 0 Å². The first-order valence-corrected chi connectivity index (χ1v) is 4.37. The second-order valence-electron chi connectivity index (χ2n) is 3.05. The van der Waals surface area contributed by atoms with Crippen LogP contribution >= 0.6 is 0 Å². The maximum Gasteiger partial charge on any atom is 0.305 e. The van der Waals surface area contributed by atoms with Gasteiger partial charge in [0.2, 0.25) is 0 Å². The van der Waals surface area contributed by atoms with E-state index in [0.717, 1.165) is 19.3 Å². The molecule has 2 atom stereocenters. The highest BCUT2D eigenvalue weighted by Gasteiger charge is 2.29.